The van der Waals surface area contributed by atoms with Gasteiger partial charge >= 0.3 is 6.18 Å². The predicted octanol–water partition coefficient (Wildman–Crippen LogP) is 3.66. The molecule has 0 spiro atoms. The Hall–Kier alpha value is -2.22. The topological polar surface area (TPSA) is 56.1 Å². The number of alkyl halides is 3. The molecule has 9 heteroatoms. The number of halogens is 4. The number of hydrogen-bond acceptors (Lipinski definition) is 3. The molecule has 0 aliphatic carbocycles. The summed E-state index contributed by atoms with van der Waals surface area (Å²) in [5, 5.41) is 5.01. The van der Waals surface area contributed by atoms with Crippen molar-refractivity contribution in [1.82, 2.24) is 9.78 Å². The van der Waals surface area contributed by atoms with Crippen LogP contribution < -0.4 is 10.1 Å². The molecule has 0 saturated heterocycles. The predicted molar refractivity (Wildman–Crippen MR) is 78.9 cm³/mol. The minimum Gasteiger partial charge on any atom is -0.495 e. The molecular weight excluding hydrogens is 335 g/mol. The van der Waals surface area contributed by atoms with Gasteiger partial charge in [-0.05, 0) is 24.6 Å². The number of benzene rings is 1. The highest BCUT2D eigenvalue weighted by Gasteiger charge is 2.39. The zero-order valence-corrected chi connectivity index (χ0v) is 13.2. The molecule has 124 valence electrons. The van der Waals surface area contributed by atoms with Gasteiger partial charge in [0.05, 0.1) is 12.8 Å². The molecule has 0 fully saturated rings. The molecule has 0 bridgehead atoms. The van der Waals surface area contributed by atoms with Crippen LogP contribution in [0.3, 0.4) is 0 Å². The van der Waals surface area contributed by atoms with E-state index in [1.54, 1.807) is 25.1 Å². The van der Waals surface area contributed by atoms with Crippen molar-refractivity contribution < 1.29 is 22.7 Å². The van der Waals surface area contributed by atoms with Crippen LogP contribution in [-0.2, 0) is 13.2 Å². The molecule has 1 amide bonds. The van der Waals surface area contributed by atoms with Crippen LogP contribution in [0.1, 0.15) is 21.7 Å². The monoisotopic (exact) mass is 347 g/mol. The van der Waals surface area contributed by atoms with Crippen LogP contribution in [0.15, 0.2) is 18.2 Å². The Morgan fingerprint density at radius 2 is 2.04 bits per heavy atom. The maximum atomic E-state index is 12.8. The fourth-order valence-corrected chi connectivity index (χ4v) is 2.38. The molecule has 1 heterocycles. The molecule has 23 heavy (non-hydrogen) atoms. The third-order valence-corrected chi connectivity index (χ3v) is 3.43. The van der Waals surface area contributed by atoms with Gasteiger partial charge in [-0.25, -0.2) is 0 Å². The highest BCUT2D eigenvalue weighted by atomic mass is 35.5. The van der Waals surface area contributed by atoms with Crippen LogP contribution in [0.4, 0.5) is 18.9 Å². The molecule has 0 aliphatic rings. The van der Waals surface area contributed by atoms with E-state index in [4.69, 9.17) is 16.3 Å². The number of ether oxygens (including phenoxy) is 1. The Kier molecular flexibility index (Phi) is 4.56. The number of anilines is 1. The fourth-order valence-electron chi connectivity index (χ4n) is 2.03. The molecule has 0 aliphatic heterocycles. The average Bonchev–Trinajstić information content (AvgIpc) is 2.74. The number of hydrogen-bond donors (Lipinski definition) is 1. The average molecular weight is 348 g/mol. The maximum Gasteiger partial charge on any atom is 0.436 e. The summed E-state index contributed by atoms with van der Waals surface area (Å²) in [6.07, 6.45) is -4.74. The van der Waals surface area contributed by atoms with Gasteiger partial charge in [-0.15, -0.1) is 0 Å². The minimum absolute atomic E-state index is 0.323. The summed E-state index contributed by atoms with van der Waals surface area (Å²) < 4.78 is 44.3. The first-order chi connectivity index (χ1) is 10.6. The van der Waals surface area contributed by atoms with E-state index < -0.39 is 22.8 Å². The Morgan fingerprint density at radius 3 is 2.57 bits per heavy atom. The van der Waals surface area contributed by atoms with Crippen LogP contribution in [-0.4, -0.2) is 22.8 Å². The SMILES string of the molecule is COc1ccc(C)cc1NC(=O)c1c(Cl)c(C(F)(F)F)nn1C. The molecule has 1 aromatic carbocycles. The first kappa shape index (κ1) is 17.1. The number of amides is 1. The minimum atomic E-state index is -4.74. The lowest BCUT2D eigenvalue weighted by molar-refractivity contribution is -0.141. The summed E-state index contributed by atoms with van der Waals surface area (Å²) in [6.45, 7) is 1.80. The smallest absolute Gasteiger partial charge is 0.436 e. The van der Waals surface area contributed by atoms with E-state index in [9.17, 15) is 18.0 Å². The van der Waals surface area contributed by atoms with Gasteiger partial charge in [0.15, 0.2) is 5.69 Å². The van der Waals surface area contributed by atoms with Crippen molar-refractivity contribution in [3.8, 4) is 5.75 Å². The molecule has 5 nitrogen and oxygen atoms in total. The van der Waals surface area contributed by atoms with E-state index in [0.29, 0.717) is 11.4 Å². The summed E-state index contributed by atoms with van der Waals surface area (Å²) in [5.74, 6) is -0.442. The summed E-state index contributed by atoms with van der Waals surface area (Å²) in [6, 6.07) is 5.04. The molecule has 1 N–H and O–H groups in total. The standard InChI is InChI=1S/C14H13ClF3N3O2/c1-7-4-5-9(23-3)8(6-7)19-13(22)11-10(15)12(14(16,17)18)20-21(11)2/h4-6H,1-3H3,(H,19,22). The highest BCUT2D eigenvalue weighted by molar-refractivity contribution is 6.34. The number of nitrogens with one attached hydrogen (secondary N) is 1. The van der Waals surface area contributed by atoms with Crippen LogP contribution in [0, 0.1) is 6.92 Å². The zero-order valence-electron chi connectivity index (χ0n) is 12.5. The van der Waals surface area contributed by atoms with Gasteiger partial charge < -0.3 is 10.1 Å². The molecule has 2 aromatic rings. The molecule has 2 rings (SSSR count). The van der Waals surface area contributed by atoms with E-state index in [-0.39, 0.29) is 5.69 Å². The fraction of sp³-hybridized carbons (Fsp3) is 0.286. The third kappa shape index (κ3) is 3.42. The Bertz CT molecular complexity index is 756. The van der Waals surface area contributed by atoms with Crippen molar-refractivity contribution in [2.45, 2.75) is 13.1 Å². The van der Waals surface area contributed by atoms with Crippen molar-refractivity contribution in [1.29, 1.82) is 0 Å². The van der Waals surface area contributed by atoms with Crippen molar-refractivity contribution in [2.75, 3.05) is 12.4 Å². The van der Waals surface area contributed by atoms with E-state index in [0.717, 1.165) is 10.2 Å². The number of carbonyl (C=O) groups is 1. The summed E-state index contributed by atoms with van der Waals surface area (Å²) >= 11 is 5.68. The highest BCUT2D eigenvalue weighted by Crippen LogP contribution is 2.36. The quantitative estimate of drug-likeness (QED) is 0.921. The van der Waals surface area contributed by atoms with Crippen LogP contribution >= 0.6 is 11.6 Å². The summed E-state index contributed by atoms with van der Waals surface area (Å²) in [5.41, 5.74) is -0.526. The Morgan fingerprint density at radius 1 is 1.39 bits per heavy atom. The summed E-state index contributed by atoms with van der Waals surface area (Å²) in [7, 11) is 2.63. The molecular formula is C14H13ClF3N3O2. The number of aromatic nitrogens is 2. The normalized spacial score (nSPS) is 11.4. The van der Waals surface area contributed by atoms with Crippen LogP contribution in [0.2, 0.25) is 5.02 Å². The van der Waals surface area contributed by atoms with E-state index in [2.05, 4.69) is 10.4 Å². The van der Waals surface area contributed by atoms with E-state index >= 15 is 0 Å². The molecule has 0 unspecified atom stereocenters. The number of aryl methyl sites for hydroxylation is 2. The molecule has 0 radical (unpaired) electrons. The molecule has 0 atom stereocenters. The van der Waals surface area contributed by atoms with Gasteiger partial charge in [-0.1, -0.05) is 17.7 Å². The van der Waals surface area contributed by atoms with Crippen molar-refractivity contribution in [3.63, 3.8) is 0 Å². The van der Waals surface area contributed by atoms with Gasteiger partial charge in [0.1, 0.15) is 16.5 Å². The second kappa shape index (κ2) is 6.11. The lowest BCUT2D eigenvalue weighted by atomic mass is 10.2. The van der Waals surface area contributed by atoms with Gasteiger partial charge in [-0.2, -0.15) is 18.3 Å². The number of nitrogens with zero attached hydrogens (tertiary/aromatic N) is 2. The third-order valence-electron chi connectivity index (χ3n) is 3.08. The Balaban J connectivity index is 2.40. The first-order valence-corrected chi connectivity index (χ1v) is 6.78. The zero-order chi connectivity index (χ0) is 17.4. The van der Waals surface area contributed by atoms with Crippen molar-refractivity contribution >= 4 is 23.2 Å². The second-order valence-corrected chi connectivity index (χ2v) is 5.17. The molecule has 1 aromatic heterocycles. The van der Waals surface area contributed by atoms with Gasteiger partial charge in [0, 0.05) is 7.05 Å². The second-order valence-electron chi connectivity index (χ2n) is 4.79. The summed E-state index contributed by atoms with van der Waals surface area (Å²) in [4.78, 5) is 12.3. The Labute approximate surface area is 135 Å². The van der Waals surface area contributed by atoms with E-state index in [1.807, 2.05) is 0 Å². The molecule has 0 saturated carbocycles. The van der Waals surface area contributed by atoms with E-state index in [1.165, 1.54) is 14.2 Å². The largest absolute Gasteiger partial charge is 0.495 e. The number of carbonyl (C=O) groups excluding carboxylic acids is 1. The number of rotatable bonds is 3. The van der Waals surface area contributed by atoms with Gasteiger partial charge in [-0.3, -0.25) is 9.48 Å². The number of methoxy groups -OCH3 is 1. The van der Waals surface area contributed by atoms with Crippen LogP contribution in [0.5, 0.6) is 5.75 Å². The lowest BCUT2D eigenvalue weighted by Gasteiger charge is -2.11. The van der Waals surface area contributed by atoms with Crippen molar-refractivity contribution in [2.24, 2.45) is 7.05 Å². The van der Waals surface area contributed by atoms with Gasteiger partial charge in [0.25, 0.3) is 5.91 Å². The van der Waals surface area contributed by atoms with Crippen molar-refractivity contribution in [3.05, 3.63) is 40.2 Å². The maximum absolute atomic E-state index is 12.8. The van der Waals surface area contributed by atoms with Gasteiger partial charge in [0.2, 0.25) is 0 Å². The van der Waals surface area contributed by atoms with Crippen LogP contribution in [0.25, 0.3) is 0 Å². The lowest BCUT2D eigenvalue weighted by Crippen LogP contribution is -2.17. The first-order valence-electron chi connectivity index (χ1n) is 6.40.